The molecule has 0 spiro atoms. The Labute approximate surface area is 158 Å². The zero-order chi connectivity index (χ0) is 18.4. The van der Waals surface area contributed by atoms with E-state index in [2.05, 4.69) is 20.3 Å². The average molecular weight is 372 g/mol. The van der Waals surface area contributed by atoms with Crippen molar-refractivity contribution in [2.75, 3.05) is 5.32 Å². The number of anilines is 1. The quantitative estimate of drug-likeness (QED) is 0.827. The highest BCUT2D eigenvalue weighted by molar-refractivity contribution is 7.99. The van der Waals surface area contributed by atoms with E-state index in [9.17, 15) is 4.79 Å². The summed E-state index contributed by atoms with van der Waals surface area (Å²) in [6.45, 7) is 3.93. The largest absolute Gasteiger partial charge is 0.489 e. The molecule has 1 amide bonds. The molecule has 1 fully saturated rings. The number of rotatable bonds is 6. The first-order chi connectivity index (χ1) is 12.6. The summed E-state index contributed by atoms with van der Waals surface area (Å²) in [4.78, 5) is 25.3. The van der Waals surface area contributed by atoms with Crippen molar-refractivity contribution in [2.45, 2.75) is 55.9 Å². The van der Waals surface area contributed by atoms with Crippen LogP contribution in [0.2, 0.25) is 0 Å². The van der Waals surface area contributed by atoms with Crippen molar-refractivity contribution in [1.29, 1.82) is 0 Å². The molecule has 2 atom stereocenters. The molecule has 2 aromatic heterocycles. The lowest BCUT2D eigenvalue weighted by Gasteiger charge is -2.27. The lowest BCUT2D eigenvalue weighted by molar-refractivity contribution is -0.120. The summed E-state index contributed by atoms with van der Waals surface area (Å²) in [6, 6.07) is 3.61. The van der Waals surface area contributed by atoms with Crippen LogP contribution in [0.15, 0.2) is 41.9 Å². The van der Waals surface area contributed by atoms with Gasteiger partial charge in [0.15, 0.2) is 0 Å². The molecule has 0 aromatic carbocycles. The predicted octanol–water partition coefficient (Wildman–Crippen LogP) is 3.95. The van der Waals surface area contributed by atoms with Crippen LogP contribution in [0.5, 0.6) is 5.75 Å². The number of hydrogen-bond donors (Lipinski definition) is 1. The van der Waals surface area contributed by atoms with Crippen LogP contribution in [0.3, 0.4) is 0 Å². The number of aromatic nitrogens is 3. The Morgan fingerprint density at radius 3 is 2.81 bits per heavy atom. The average Bonchev–Trinajstić information content (AvgIpc) is 2.64. The van der Waals surface area contributed by atoms with E-state index in [1.807, 2.05) is 19.9 Å². The van der Waals surface area contributed by atoms with E-state index in [-0.39, 0.29) is 17.9 Å². The molecule has 1 aliphatic carbocycles. The number of carbonyl (C=O) groups is 1. The smallest absolute Gasteiger partial charge is 0.228 e. The number of nitrogens with one attached hydrogen (secondary N) is 1. The maximum Gasteiger partial charge on any atom is 0.228 e. The van der Waals surface area contributed by atoms with E-state index in [0.717, 1.165) is 30.7 Å². The maximum atomic E-state index is 12.6. The van der Waals surface area contributed by atoms with Crippen LogP contribution >= 0.6 is 11.8 Å². The van der Waals surface area contributed by atoms with Crippen LogP contribution in [0.25, 0.3) is 0 Å². The molecule has 2 heterocycles. The normalized spacial score (nSPS) is 20.0. The van der Waals surface area contributed by atoms with Crippen LogP contribution in [0.1, 0.15) is 39.5 Å². The third-order valence-corrected chi connectivity index (χ3v) is 5.40. The summed E-state index contributed by atoms with van der Waals surface area (Å²) in [6.07, 6.45) is 10.8. The number of amides is 1. The van der Waals surface area contributed by atoms with Crippen molar-refractivity contribution < 1.29 is 9.53 Å². The van der Waals surface area contributed by atoms with Gasteiger partial charge in [0.2, 0.25) is 5.91 Å². The van der Waals surface area contributed by atoms with Gasteiger partial charge in [0, 0.05) is 23.6 Å². The van der Waals surface area contributed by atoms with Gasteiger partial charge in [-0.3, -0.25) is 9.78 Å². The molecule has 0 unspecified atom stereocenters. The van der Waals surface area contributed by atoms with E-state index in [0.29, 0.717) is 16.8 Å². The lowest BCUT2D eigenvalue weighted by atomic mass is 9.88. The molecule has 2 aromatic rings. The Morgan fingerprint density at radius 1 is 1.23 bits per heavy atom. The van der Waals surface area contributed by atoms with Crippen molar-refractivity contribution in [3.8, 4) is 5.75 Å². The van der Waals surface area contributed by atoms with E-state index in [1.165, 1.54) is 0 Å². The maximum absolute atomic E-state index is 12.6. The number of nitrogens with zero attached hydrogens (tertiary/aromatic N) is 3. The Morgan fingerprint density at radius 2 is 2.12 bits per heavy atom. The Balaban J connectivity index is 1.54. The van der Waals surface area contributed by atoms with Gasteiger partial charge >= 0.3 is 0 Å². The Bertz CT molecular complexity index is 709. The number of ether oxygens (including phenoxy) is 1. The van der Waals surface area contributed by atoms with Crippen molar-refractivity contribution in [1.82, 2.24) is 15.0 Å². The molecule has 138 valence electrons. The van der Waals surface area contributed by atoms with Crippen LogP contribution < -0.4 is 10.1 Å². The fourth-order valence-corrected chi connectivity index (χ4v) is 4.23. The molecular formula is C19H24N4O2S. The van der Waals surface area contributed by atoms with E-state index >= 15 is 0 Å². The number of thioether (sulfide) groups is 1. The minimum absolute atomic E-state index is 0.00584. The van der Waals surface area contributed by atoms with Crippen LogP contribution in [0, 0.1) is 5.92 Å². The molecule has 26 heavy (non-hydrogen) atoms. The SMILES string of the molecule is CC(C)Oc1ccc(NC(=O)[C@@H]2CCC[C@@H](Sc3cnccn3)C2)nc1. The first-order valence-corrected chi connectivity index (χ1v) is 9.84. The van der Waals surface area contributed by atoms with Crippen molar-refractivity contribution in [3.05, 3.63) is 36.9 Å². The van der Waals surface area contributed by atoms with Crippen molar-refractivity contribution in [2.24, 2.45) is 5.92 Å². The summed E-state index contributed by atoms with van der Waals surface area (Å²) in [5, 5.41) is 4.25. The standard InChI is InChI=1S/C19H24N4O2S/c1-13(2)25-15-6-7-17(22-11-15)23-19(24)14-4-3-5-16(10-14)26-18-12-20-8-9-21-18/h6-9,11-14,16H,3-5,10H2,1-2H3,(H,22,23,24)/t14-,16-/m1/s1. The summed E-state index contributed by atoms with van der Waals surface area (Å²) < 4.78 is 5.57. The molecule has 0 aliphatic heterocycles. The summed E-state index contributed by atoms with van der Waals surface area (Å²) in [7, 11) is 0. The zero-order valence-corrected chi connectivity index (χ0v) is 15.9. The monoisotopic (exact) mass is 372 g/mol. The van der Waals surface area contributed by atoms with Crippen molar-refractivity contribution in [3.63, 3.8) is 0 Å². The van der Waals surface area contributed by atoms with Gasteiger partial charge in [0.25, 0.3) is 0 Å². The first-order valence-electron chi connectivity index (χ1n) is 8.96. The fraction of sp³-hybridized carbons (Fsp3) is 0.474. The predicted molar refractivity (Wildman–Crippen MR) is 102 cm³/mol. The van der Waals surface area contributed by atoms with Crippen LogP contribution in [-0.2, 0) is 4.79 Å². The molecule has 1 aliphatic rings. The van der Waals surface area contributed by atoms with Gasteiger partial charge in [-0.2, -0.15) is 0 Å². The second kappa shape index (κ2) is 8.98. The molecule has 1 saturated carbocycles. The Hall–Kier alpha value is -2.15. The number of hydrogen-bond acceptors (Lipinski definition) is 6. The van der Waals surface area contributed by atoms with E-state index < -0.39 is 0 Å². The Kier molecular flexibility index (Phi) is 6.44. The van der Waals surface area contributed by atoms with Gasteiger partial charge in [-0.05, 0) is 45.2 Å². The second-order valence-electron chi connectivity index (χ2n) is 6.68. The molecule has 0 radical (unpaired) electrons. The molecule has 1 N–H and O–H groups in total. The third kappa shape index (κ3) is 5.42. The topological polar surface area (TPSA) is 77.0 Å². The minimum atomic E-state index is 0.00584. The molecule has 6 nitrogen and oxygen atoms in total. The number of carbonyl (C=O) groups excluding carboxylic acids is 1. The highest BCUT2D eigenvalue weighted by atomic mass is 32.2. The van der Waals surface area contributed by atoms with Gasteiger partial charge in [0.1, 0.15) is 16.6 Å². The zero-order valence-electron chi connectivity index (χ0n) is 15.1. The van der Waals surface area contributed by atoms with Gasteiger partial charge in [-0.1, -0.05) is 6.42 Å². The minimum Gasteiger partial charge on any atom is -0.489 e. The summed E-state index contributed by atoms with van der Waals surface area (Å²) >= 11 is 1.71. The van der Waals surface area contributed by atoms with E-state index in [1.54, 1.807) is 42.6 Å². The van der Waals surface area contributed by atoms with Gasteiger partial charge < -0.3 is 10.1 Å². The molecule has 3 rings (SSSR count). The number of pyridine rings is 1. The lowest BCUT2D eigenvalue weighted by Crippen LogP contribution is -2.29. The molecule has 0 bridgehead atoms. The van der Waals surface area contributed by atoms with Gasteiger partial charge in [-0.25, -0.2) is 9.97 Å². The highest BCUT2D eigenvalue weighted by Crippen LogP contribution is 2.35. The van der Waals surface area contributed by atoms with Crippen LogP contribution in [-0.4, -0.2) is 32.2 Å². The van der Waals surface area contributed by atoms with Crippen molar-refractivity contribution >= 4 is 23.5 Å². The molecule has 0 saturated heterocycles. The third-order valence-electron chi connectivity index (χ3n) is 4.18. The van der Waals surface area contributed by atoms with E-state index in [4.69, 9.17) is 4.74 Å². The van der Waals surface area contributed by atoms with Crippen LogP contribution in [0.4, 0.5) is 5.82 Å². The second-order valence-corrected chi connectivity index (χ2v) is 8.00. The first kappa shape index (κ1) is 18.6. The van der Waals surface area contributed by atoms with Gasteiger partial charge in [-0.15, -0.1) is 11.8 Å². The molecule has 7 heteroatoms. The van der Waals surface area contributed by atoms with Gasteiger partial charge in [0.05, 0.1) is 18.5 Å². The fourth-order valence-electron chi connectivity index (χ4n) is 3.03. The highest BCUT2D eigenvalue weighted by Gasteiger charge is 2.28. The summed E-state index contributed by atoms with van der Waals surface area (Å²) in [5.74, 6) is 1.32. The summed E-state index contributed by atoms with van der Waals surface area (Å²) in [5.41, 5.74) is 0. The molecular weight excluding hydrogens is 348 g/mol.